The maximum absolute atomic E-state index is 11.9. The molecule has 9 nitrogen and oxygen atoms in total. The third kappa shape index (κ3) is 10.00. The van der Waals surface area contributed by atoms with Gasteiger partial charge in [0.15, 0.2) is 0 Å². The highest BCUT2D eigenvalue weighted by Crippen LogP contribution is 2.35. The topological polar surface area (TPSA) is 138 Å². The average molecular weight is 572 g/mol. The number of methoxy groups -OCH3 is 1. The van der Waals surface area contributed by atoms with Crippen molar-refractivity contribution < 1.29 is 32.3 Å². The van der Waals surface area contributed by atoms with E-state index in [1.807, 2.05) is 30.0 Å². The molecule has 3 amide bonds. The van der Waals surface area contributed by atoms with Crippen LogP contribution in [-0.2, 0) is 19.1 Å². The zero-order chi connectivity index (χ0) is 30.0. The van der Waals surface area contributed by atoms with Crippen LogP contribution in [0.4, 0.5) is 13.2 Å². The Labute approximate surface area is 230 Å². The number of aromatic nitrogens is 1. The molecule has 3 atom stereocenters. The van der Waals surface area contributed by atoms with Gasteiger partial charge in [-0.2, -0.15) is 18.4 Å². The predicted octanol–water partition coefficient (Wildman–Crippen LogP) is 4.15. The van der Waals surface area contributed by atoms with Crippen LogP contribution in [0.2, 0.25) is 5.02 Å². The number of carbonyl (C=O) groups is 3. The Morgan fingerprint density at radius 1 is 1.38 bits per heavy atom. The lowest BCUT2D eigenvalue weighted by atomic mass is 9.84. The summed E-state index contributed by atoms with van der Waals surface area (Å²) in [5, 5.41) is 13.6. The van der Waals surface area contributed by atoms with E-state index in [-0.39, 0.29) is 17.4 Å². The van der Waals surface area contributed by atoms with Crippen molar-refractivity contribution in [2.75, 3.05) is 20.2 Å². The number of halogens is 4. The summed E-state index contributed by atoms with van der Waals surface area (Å²) in [5.74, 6) is -1.45. The van der Waals surface area contributed by atoms with Gasteiger partial charge in [-0.3, -0.25) is 19.4 Å². The van der Waals surface area contributed by atoms with Crippen LogP contribution in [0.5, 0.6) is 0 Å². The number of carbonyl (C=O) groups excluding carboxylic acids is 3. The van der Waals surface area contributed by atoms with E-state index in [9.17, 15) is 22.8 Å². The number of nitriles is 1. The first-order chi connectivity index (χ1) is 18.1. The van der Waals surface area contributed by atoms with E-state index < -0.39 is 18.1 Å². The minimum atomic E-state index is -4.86. The number of alkyl halides is 3. The van der Waals surface area contributed by atoms with Crippen LogP contribution in [0.25, 0.3) is 10.8 Å². The molecule has 214 valence electrons. The summed E-state index contributed by atoms with van der Waals surface area (Å²) in [5.41, 5.74) is 4.66. The monoisotopic (exact) mass is 571 g/mol. The van der Waals surface area contributed by atoms with Gasteiger partial charge < -0.3 is 20.7 Å². The molecule has 39 heavy (non-hydrogen) atoms. The van der Waals surface area contributed by atoms with Gasteiger partial charge in [-0.05, 0) is 24.3 Å². The second-order valence-corrected chi connectivity index (χ2v) is 10.1. The summed E-state index contributed by atoms with van der Waals surface area (Å²) in [7, 11) is 1.65. The molecule has 2 heterocycles. The number of hydrogen-bond acceptors (Lipinski definition) is 6. The standard InChI is InChI=1S/C12H8ClN3O.C12H23NO2.C2H2F3NO/c13-10-3-1-2-8-5-15-6-9(12(8)10)11(4-14)16-7-17;1-9-7-13(8-12(9,3)4)11(14)6-10(2)15-5;3-2(4,5)1(6)7/h1-3,5-7,11H,(H,16,17);9-10H,6-8H2,1-5H3;(H2,6,7)/t;9?,10-;/m.1./s1. The van der Waals surface area contributed by atoms with Crippen molar-refractivity contribution >= 4 is 40.6 Å². The first kappa shape index (κ1) is 33.6. The number of ether oxygens (including phenoxy) is 1. The Bertz CT molecular complexity index is 1180. The number of pyridine rings is 1. The zero-order valence-electron chi connectivity index (χ0n) is 22.4. The van der Waals surface area contributed by atoms with Crippen LogP contribution < -0.4 is 11.1 Å². The second kappa shape index (κ2) is 14.6. The molecule has 1 aromatic heterocycles. The van der Waals surface area contributed by atoms with Crippen molar-refractivity contribution in [2.45, 2.75) is 52.4 Å². The molecule has 2 unspecified atom stereocenters. The van der Waals surface area contributed by atoms with Gasteiger partial charge >= 0.3 is 12.1 Å². The smallest absolute Gasteiger partial charge is 0.381 e. The molecule has 0 aliphatic carbocycles. The molecule has 13 heteroatoms. The lowest BCUT2D eigenvalue weighted by Crippen LogP contribution is -2.32. The van der Waals surface area contributed by atoms with E-state index in [0.29, 0.717) is 29.3 Å². The first-order valence-electron chi connectivity index (χ1n) is 11.9. The number of rotatable bonds is 6. The van der Waals surface area contributed by atoms with Crippen LogP contribution in [0.15, 0.2) is 30.6 Å². The molecule has 0 saturated carbocycles. The Balaban J connectivity index is 0.000000318. The number of nitrogens with zero attached hydrogens (tertiary/aromatic N) is 3. The number of amides is 3. The van der Waals surface area contributed by atoms with Gasteiger partial charge in [-0.1, -0.05) is 44.5 Å². The zero-order valence-corrected chi connectivity index (χ0v) is 23.1. The van der Waals surface area contributed by atoms with Crippen molar-refractivity contribution in [2.24, 2.45) is 17.1 Å². The minimum absolute atomic E-state index is 0.0246. The molecular weight excluding hydrogens is 539 g/mol. The van der Waals surface area contributed by atoms with Gasteiger partial charge in [-0.15, -0.1) is 0 Å². The van der Waals surface area contributed by atoms with Crippen LogP contribution in [0, 0.1) is 22.7 Å². The minimum Gasteiger partial charge on any atom is -0.381 e. The Morgan fingerprint density at radius 3 is 2.46 bits per heavy atom. The van der Waals surface area contributed by atoms with Gasteiger partial charge in [-0.25, -0.2) is 0 Å². The third-order valence-electron chi connectivity index (χ3n) is 6.36. The quantitative estimate of drug-likeness (QED) is 0.500. The van der Waals surface area contributed by atoms with E-state index in [4.69, 9.17) is 26.4 Å². The number of nitrogens with one attached hydrogen (secondary N) is 1. The lowest BCUT2D eigenvalue weighted by Gasteiger charge is -2.22. The fourth-order valence-corrected chi connectivity index (χ4v) is 3.93. The normalized spacial score (nSPS) is 17.4. The fraction of sp³-hybridized carbons (Fsp3) is 0.500. The number of benzene rings is 1. The molecule has 2 aromatic rings. The average Bonchev–Trinajstić information content (AvgIpc) is 3.14. The lowest BCUT2D eigenvalue weighted by molar-refractivity contribution is -0.169. The van der Waals surface area contributed by atoms with Gasteiger partial charge in [0.05, 0.1) is 18.6 Å². The number of primary amides is 1. The number of fused-ring (bicyclic) bond motifs is 1. The van der Waals surface area contributed by atoms with E-state index in [1.54, 1.807) is 25.6 Å². The molecule has 0 spiro atoms. The van der Waals surface area contributed by atoms with Crippen molar-refractivity contribution in [3.05, 3.63) is 41.2 Å². The summed E-state index contributed by atoms with van der Waals surface area (Å²) in [6.45, 7) is 10.4. The van der Waals surface area contributed by atoms with E-state index in [1.165, 1.54) is 0 Å². The number of likely N-dealkylation sites (tertiary alicyclic amines) is 1. The summed E-state index contributed by atoms with van der Waals surface area (Å²) in [4.78, 5) is 37.5. The van der Waals surface area contributed by atoms with Crippen LogP contribution >= 0.6 is 11.6 Å². The number of nitrogens with two attached hydrogens (primary N) is 1. The van der Waals surface area contributed by atoms with E-state index in [0.717, 1.165) is 23.9 Å². The molecule has 3 rings (SSSR count). The number of hydrogen-bond donors (Lipinski definition) is 2. The molecule has 0 radical (unpaired) electrons. The largest absolute Gasteiger partial charge is 0.470 e. The summed E-state index contributed by atoms with van der Waals surface area (Å²) in [6, 6.07) is 6.65. The maximum Gasteiger partial charge on any atom is 0.470 e. The van der Waals surface area contributed by atoms with E-state index >= 15 is 0 Å². The van der Waals surface area contributed by atoms with Crippen LogP contribution in [-0.4, -0.2) is 60.6 Å². The molecular formula is C26H33ClF3N5O4. The Kier molecular flexibility index (Phi) is 12.6. The van der Waals surface area contributed by atoms with Crippen molar-refractivity contribution in [3.63, 3.8) is 0 Å². The van der Waals surface area contributed by atoms with Crippen molar-refractivity contribution in [1.82, 2.24) is 15.2 Å². The van der Waals surface area contributed by atoms with Gasteiger partial charge in [0.25, 0.3) is 0 Å². The molecule has 3 N–H and O–H groups in total. The third-order valence-corrected chi connectivity index (χ3v) is 6.67. The summed E-state index contributed by atoms with van der Waals surface area (Å²) >= 11 is 6.11. The van der Waals surface area contributed by atoms with Crippen LogP contribution in [0.1, 0.15) is 45.7 Å². The van der Waals surface area contributed by atoms with Crippen molar-refractivity contribution in [1.29, 1.82) is 5.26 Å². The first-order valence-corrected chi connectivity index (χ1v) is 12.2. The summed E-state index contributed by atoms with van der Waals surface area (Å²) < 4.78 is 37.2. The highest BCUT2D eigenvalue weighted by atomic mass is 35.5. The Morgan fingerprint density at radius 2 is 2.00 bits per heavy atom. The Hall–Kier alpha value is -3.43. The SMILES string of the molecule is CO[C@H](C)CC(=O)N1CC(C)C(C)(C)C1.N#CC(NC=O)c1cncc2cccc(Cl)c12.NC(=O)C(F)(F)F. The molecule has 1 aliphatic heterocycles. The predicted molar refractivity (Wildman–Crippen MR) is 140 cm³/mol. The highest BCUT2D eigenvalue weighted by molar-refractivity contribution is 6.35. The van der Waals surface area contributed by atoms with Gasteiger partial charge in [0.2, 0.25) is 12.3 Å². The maximum atomic E-state index is 11.9. The van der Waals surface area contributed by atoms with Crippen molar-refractivity contribution in [3.8, 4) is 6.07 Å². The molecule has 1 aliphatic rings. The molecule has 1 fully saturated rings. The van der Waals surface area contributed by atoms with Gasteiger partial charge in [0.1, 0.15) is 6.04 Å². The second-order valence-electron chi connectivity index (χ2n) is 9.69. The van der Waals surface area contributed by atoms with Gasteiger partial charge in [0, 0.05) is 54.0 Å². The molecule has 0 bridgehead atoms. The van der Waals surface area contributed by atoms with E-state index in [2.05, 4.69) is 36.8 Å². The summed E-state index contributed by atoms with van der Waals surface area (Å²) in [6.07, 6.45) is -0.641. The fourth-order valence-electron chi connectivity index (χ4n) is 3.64. The molecule has 1 saturated heterocycles. The van der Waals surface area contributed by atoms with Crippen LogP contribution in [0.3, 0.4) is 0 Å². The molecule has 1 aromatic carbocycles. The highest BCUT2D eigenvalue weighted by Gasteiger charge is 2.38.